The summed E-state index contributed by atoms with van der Waals surface area (Å²) < 4.78 is 0. The average molecular weight is 476 g/mol. The number of aromatic amines is 1. The molecule has 0 spiro atoms. The summed E-state index contributed by atoms with van der Waals surface area (Å²) >= 11 is 0. The highest BCUT2D eigenvalue weighted by molar-refractivity contribution is 5.90. The number of aromatic nitrogens is 1. The summed E-state index contributed by atoms with van der Waals surface area (Å²) in [5, 5.41) is 7.08. The maximum Gasteiger partial charge on any atom is 0.243 e. The normalized spacial score (nSPS) is 15.9. The van der Waals surface area contributed by atoms with E-state index in [2.05, 4.69) is 50.7 Å². The van der Waals surface area contributed by atoms with Gasteiger partial charge in [0.25, 0.3) is 0 Å². The highest BCUT2D eigenvalue weighted by Crippen LogP contribution is 2.19. The second-order valence-corrected chi connectivity index (χ2v) is 9.90. The summed E-state index contributed by atoms with van der Waals surface area (Å²) in [5.74, 6) is -0.493. The van der Waals surface area contributed by atoms with E-state index in [4.69, 9.17) is 0 Å². The van der Waals surface area contributed by atoms with Crippen molar-refractivity contribution in [2.45, 2.75) is 39.4 Å². The molecule has 7 nitrogen and oxygen atoms in total. The van der Waals surface area contributed by atoms with E-state index < -0.39 is 6.04 Å². The van der Waals surface area contributed by atoms with Crippen molar-refractivity contribution in [1.82, 2.24) is 25.4 Å². The van der Waals surface area contributed by atoms with Crippen LogP contribution in [0.3, 0.4) is 0 Å². The molecule has 1 aliphatic rings. The second-order valence-electron chi connectivity index (χ2n) is 9.90. The first kappa shape index (κ1) is 24.9. The number of fused-ring (bicyclic) bond motifs is 1. The van der Waals surface area contributed by atoms with Gasteiger partial charge >= 0.3 is 0 Å². The molecule has 35 heavy (non-hydrogen) atoms. The van der Waals surface area contributed by atoms with Gasteiger partial charge in [-0.25, -0.2) is 0 Å². The minimum Gasteiger partial charge on any atom is -0.361 e. The lowest BCUT2D eigenvalue weighted by atomic mass is 10.0. The monoisotopic (exact) mass is 475 g/mol. The molecule has 0 radical (unpaired) electrons. The van der Waals surface area contributed by atoms with Gasteiger partial charge in [-0.15, -0.1) is 0 Å². The first-order valence-electron chi connectivity index (χ1n) is 12.5. The Bertz CT molecular complexity index is 1150. The van der Waals surface area contributed by atoms with Gasteiger partial charge in [0.2, 0.25) is 11.8 Å². The molecule has 1 saturated heterocycles. The van der Waals surface area contributed by atoms with Crippen molar-refractivity contribution in [3.05, 3.63) is 71.4 Å². The molecular weight excluding hydrogens is 438 g/mol. The Labute approximate surface area is 207 Å². The number of benzene rings is 2. The minimum atomic E-state index is -0.641. The highest BCUT2D eigenvalue weighted by Gasteiger charge is 2.23. The van der Waals surface area contributed by atoms with Crippen LogP contribution in [0.4, 0.5) is 0 Å². The molecule has 7 heteroatoms. The fourth-order valence-corrected chi connectivity index (χ4v) is 4.48. The Morgan fingerprint density at radius 1 is 0.971 bits per heavy atom. The molecule has 0 bridgehead atoms. The molecule has 4 rings (SSSR count). The van der Waals surface area contributed by atoms with Gasteiger partial charge < -0.3 is 20.5 Å². The topological polar surface area (TPSA) is 80.5 Å². The third kappa shape index (κ3) is 6.71. The summed E-state index contributed by atoms with van der Waals surface area (Å²) in [5.41, 5.74) is 4.35. The number of piperazine rings is 1. The SMILES string of the molecule is CC(C)C(=O)NC(Cc1c[nH]c2ccccc12)C(=O)NCc1cccc(CN2CCN(C)CC2)c1. The van der Waals surface area contributed by atoms with Crippen LogP contribution in [0, 0.1) is 5.92 Å². The van der Waals surface area contributed by atoms with Crippen LogP contribution < -0.4 is 10.6 Å². The number of nitrogens with zero attached hydrogens (tertiary/aromatic N) is 2. The summed E-state index contributed by atoms with van der Waals surface area (Å²) in [6.45, 7) is 9.35. The van der Waals surface area contributed by atoms with Crippen molar-refractivity contribution in [3.8, 4) is 0 Å². The number of nitrogens with one attached hydrogen (secondary N) is 3. The van der Waals surface area contributed by atoms with E-state index in [-0.39, 0.29) is 17.7 Å². The number of para-hydroxylation sites is 1. The van der Waals surface area contributed by atoms with E-state index in [0.29, 0.717) is 13.0 Å². The average Bonchev–Trinajstić information content (AvgIpc) is 3.26. The van der Waals surface area contributed by atoms with E-state index in [1.54, 1.807) is 0 Å². The third-order valence-corrected chi connectivity index (χ3v) is 6.72. The molecule has 3 N–H and O–H groups in total. The maximum atomic E-state index is 13.2. The first-order chi connectivity index (χ1) is 16.9. The third-order valence-electron chi connectivity index (χ3n) is 6.72. The van der Waals surface area contributed by atoms with Crippen molar-refractivity contribution in [2.75, 3.05) is 33.2 Å². The number of likely N-dealkylation sites (N-methyl/N-ethyl adjacent to an activating group) is 1. The van der Waals surface area contributed by atoms with Gasteiger partial charge in [0.15, 0.2) is 0 Å². The van der Waals surface area contributed by atoms with Gasteiger partial charge in [0.05, 0.1) is 0 Å². The van der Waals surface area contributed by atoms with Crippen LogP contribution in [-0.4, -0.2) is 65.9 Å². The molecule has 1 aromatic heterocycles. The summed E-state index contributed by atoms with van der Waals surface area (Å²) in [7, 11) is 2.16. The largest absolute Gasteiger partial charge is 0.361 e. The lowest BCUT2D eigenvalue weighted by Crippen LogP contribution is -2.49. The zero-order chi connectivity index (χ0) is 24.8. The molecule has 186 valence electrons. The quantitative estimate of drug-likeness (QED) is 0.445. The standard InChI is InChI=1S/C28H37N5O2/c1-20(2)27(34)31-26(16-23-18-29-25-10-5-4-9-24(23)25)28(35)30-17-21-7-6-8-22(15-21)19-33-13-11-32(3)12-14-33/h4-10,15,18,20,26,29H,11-14,16-17,19H2,1-3H3,(H,30,35)(H,31,34). The van der Waals surface area contributed by atoms with Crippen molar-refractivity contribution in [2.24, 2.45) is 5.92 Å². The van der Waals surface area contributed by atoms with Gasteiger partial charge in [0, 0.05) is 68.7 Å². The van der Waals surface area contributed by atoms with Crippen LogP contribution in [0.5, 0.6) is 0 Å². The van der Waals surface area contributed by atoms with Gasteiger partial charge in [-0.05, 0) is 29.8 Å². The first-order valence-corrected chi connectivity index (χ1v) is 12.5. The van der Waals surface area contributed by atoms with Crippen molar-refractivity contribution < 1.29 is 9.59 Å². The smallest absolute Gasteiger partial charge is 0.243 e. The van der Waals surface area contributed by atoms with Crippen LogP contribution in [0.15, 0.2) is 54.7 Å². The summed E-state index contributed by atoms with van der Waals surface area (Å²) in [6.07, 6.45) is 2.35. The molecule has 1 atom stereocenters. The number of hydrogen-bond acceptors (Lipinski definition) is 4. The van der Waals surface area contributed by atoms with E-state index in [1.165, 1.54) is 5.56 Å². The molecule has 1 aliphatic heterocycles. The molecule has 3 aromatic rings. The van der Waals surface area contributed by atoms with Gasteiger partial charge in [0.1, 0.15) is 6.04 Å². The zero-order valence-corrected chi connectivity index (χ0v) is 21.0. The summed E-state index contributed by atoms with van der Waals surface area (Å²) in [4.78, 5) is 33.8. The van der Waals surface area contributed by atoms with Crippen molar-refractivity contribution in [3.63, 3.8) is 0 Å². The van der Waals surface area contributed by atoms with E-state index >= 15 is 0 Å². The van der Waals surface area contributed by atoms with E-state index in [1.807, 2.05) is 50.4 Å². The van der Waals surface area contributed by atoms with Gasteiger partial charge in [-0.2, -0.15) is 0 Å². The minimum absolute atomic E-state index is 0.126. The molecule has 1 fully saturated rings. The number of carbonyl (C=O) groups is 2. The van der Waals surface area contributed by atoms with Crippen LogP contribution in [0.25, 0.3) is 10.9 Å². The Hall–Kier alpha value is -3.16. The Balaban J connectivity index is 1.40. The molecule has 0 saturated carbocycles. The second kappa shape index (κ2) is 11.5. The summed E-state index contributed by atoms with van der Waals surface area (Å²) in [6, 6.07) is 15.8. The van der Waals surface area contributed by atoms with Crippen LogP contribution >= 0.6 is 0 Å². The lowest BCUT2D eigenvalue weighted by molar-refractivity contribution is -0.130. The van der Waals surface area contributed by atoms with Crippen LogP contribution in [-0.2, 0) is 29.1 Å². The lowest BCUT2D eigenvalue weighted by Gasteiger charge is -2.32. The fourth-order valence-electron chi connectivity index (χ4n) is 4.48. The molecule has 2 aromatic carbocycles. The molecule has 2 amide bonds. The number of hydrogen-bond donors (Lipinski definition) is 3. The van der Waals surface area contributed by atoms with E-state index in [0.717, 1.165) is 54.8 Å². The number of H-pyrrole nitrogens is 1. The highest BCUT2D eigenvalue weighted by atomic mass is 16.2. The van der Waals surface area contributed by atoms with Gasteiger partial charge in [-0.1, -0.05) is 56.3 Å². The maximum absolute atomic E-state index is 13.2. The van der Waals surface area contributed by atoms with Crippen molar-refractivity contribution in [1.29, 1.82) is 0 Å². The van der Waals surface area contributed by atoms with E-state index in [9.17, 15) is 9.59 Å². The van der Waals surface area contributed by atoms with Crippen LogP contribution in [0.1, 0.15) is 30.5 Å². The fraction of sp³-hybridized carbons (Fsp3) is 0.429. The number of amides is 2. The molecule has 1 unspecified atom stereocenters. The number of carbonyl (C=O) groups excluding carboxylic acids is 2. The Morgan fingerprint density at radius 3 is 2.49 bits per heavy atom. The predicted octanol–water partition coefficient (Wildman–Crippen LogP) is 2.92. The molecule has 0 aliphatic carbocycles. The Kier molecular flexibility index (Phi) is 8.21. The van der Waals surface area contributed by atoms with Gasteiger partial charge in [-0.3, -0.25) is 14.5 Å². The number of rotatable bonds is 9. The Morgan fingerprint density at radius 2 is 1.71 bits per heavy atom. The molecule has 2 heterocycles. The predicted molar refractivity (Wildman–Crippen MR) is 140 cm³/mol. The van der Waals surface area contributed by atoms with Crippen molar-refractivity contribution >= 4 is 22.7 Å². The zero-order valence-electron chi connectivity index (χ0n) is 21.0. The molecular formula is C28H37N5O2. The van der Waals surface area contributed by atoms with Crippen LogP contribution in [0.2, 0.25) is 0 Å².